The van der Waals surface area contributed by atoms with Gasteiger partial charge in [0.15, 0.2) is 0 Å². The lowest BCUT2D eigenvalue weighted by Gasteiger charge is -2.20. The number of hydrogen-bond donors (Lipinski definition) is 1. The van der Waals surface area contributed by atoms with Gasteiger partial charge in [-0.1, -0.05) is 38.3 Å². The van der Waals surface area contributed by atoms with Crippen LogP contribution in [0.1, 0.15) is 39.5 Å². The Hall–Kier alpha value is -1.48. The molecule has 1 unspecified atom stereocenters. The molecule has 0 fully saturated rings. The molecule has 0 saturated heterocycles. The molecule has 0 saturated carbocycles. The lowest BCUT2D eigenvalue weighted by atomic mass is 10.1. The maximum absolute atomic E-state index is 6.14. The van der Waals surface area contributed by atoms with Crippen LogP contribution in [0.5, 0.6) is 0 Å². The first-order valence-corrected chi connectivity index (χ1v) is 7.68. The highest BCUT2D eigenvalue weighted by molar-refractivity contribution is 6.31. The van der Waals surface area contributed by atoms with E-state index in [-0.39, 0.29) is 0 Å². The normalized spacial score (nSPS) is 12.3. The Morgan fingerprint density at radius 3 is 2.85 bits per heavy atom. The van der Waals surface area contributed by atoms with Crippen molar-refractivity contribution in [1.82, 2.24) is 9.78 Å². The summed E-state index contributed by atoms with van der Waals surface area (Å²) in [5.41, 5.74) is 2.08. The molecule has 0 aliphatic heterocycles. The molecule has 2 rings (SSSR count). The highest BCUT2D eigenvalue weighted by Gasteiger charge is 2.11. The second-order valence-corrected chi connectivity index (χ2v) is 5.44. The van der Waals surface area contributed by atoms with E-state index in [0.717, 1.165) is 22.8 Å². The van der Waals surface area contributed by atoms with Gasteiger partial charge in [-0.3, -0.25) is 0 Å². The Balaban J connectivity index is 2.23. The molecule has 0 spiro atoms. The van der Waals surface area contributed by atoms with Crippen molar-refractivity contribution < 1.29 is 0 Å². The largest absolute Gasteiger partial charge is 0.381 e. The number of hydrogen-bond acceptors (Lipinski definition) is 2. The summed E-state index contributed by atoms with van der Waals surface area (Å²) in [5, 5.41) is 8.67. The van der Waals surface area contributed by atoms with Crippen LogP contribution in [0.3, 0.4) is 0 Å². The fraction of sp³-hybridized carbons (Fsp3) is 0.438. The van der Waals surface area contributed by atoms with Gasteiger partial charge in [-0.25, -0.2) is 4.68 Å². The number of aromatic nitrogens is 2. The van der Waals surface area contributed by atoms with Gasteiger partial charge in [0.2, 0.25) is 0 Å². The van der Waals surface area contributed by atoms with Crippen molar-refractivity contribution in [2.45, 2.75) is 45.6 Å². The van der Waals surface area contributed by atoms with E-state index in [1.807, 2.05) is 35.1 Å². The van der Waals surface area contributed by atoms with Gasteiger partial charge in [0.05, 0.1) is 11.4 Å². The molecule has 0 bridgehead atoms. The van der Waals surface area contributed by atoms with E-state index in [1.54, 1.807) is 6.20 Å². The van der Waals surface area contributed by atoms with Crippen LogP contribution in [0, 0.1) is 0 Å². The van der Waals surface area contributed by atoms with E-state index in [0.29, 0.717) is 6.04 Å². The average Bonchev–Trinajstić information content (AvgIpc) is 2.97. The summed E-state index contributed by atoms with van der Waals surface area (Å²) < 4.78 is 1.87. The summed E-state index contributed by atoms with van der Waals surface area (Å²) >= 11 is 6.14. The van der Waals surface area contributed by atoms with Crippen molar-refractivity contribution in [3.8, 4) is 5.69 Å². The third-order valence-electron chi connectivity index (χ3n) is 3.47. The van der Waals surface area contributed by atoms with Crippen molar-refractivity contribution in [2.24, 2.45) is 0 Å². The molecule has 108 valence electrons. The molecule has 3 nitrogen and oxygen atoms in total. The monoisotopic (exact) mass is 291 g/mol. The van der Waals surface area contributed by atoms with Crippen LogP contribution in [-0.4, -0.2) is 15.8 Å². The minimum atomic E-state index is 0.475. The van der Waals surface area contributed by atoms with Crippen LogP contribution in [0.2, 0.25) is 5.02 Å². The summed E-state index contributed by atoms with van der Waals surface area (Å²) in [5.74, 6) is 0. The summed E-state index contributed by atoms with van der Waals surface area (Å²) in [4.78, 5) is 0. The molecule has 20 heavy (non-hydrogen) atoms. The molecule has 2 aromatic rings. The van der Waals surface area contributed by atoms with Crippen molar-refractivity contribution in [1.29, 1.82) is 0 Å². The molecule has 0 aliphatic carbocycles. The number of nitrogens with zero attached hydrogens (tertiary/aromatic N) is 2. The predicted molar refractivity (Wildman–Crippen MR) is 85.8 cm³/mol. The van der Waals surface area contributed by atoms with Crippen molar-refractivity contribution in [3.63, 3.8) is 0 Å². The minimum Gasteiger partial charge on any atom is -0.381 e. The van der Waals surface area contributed by atoms with E-state index in [9.17, 15) is 0 Å². The van der Waals surface area contributed by atoms with Gasteiger partial charge >= 0.3 is 0 Å². The zero-order valence-electron chi connectivity index (χ0n) is 12.1. The van der Waals surface area contributed by atoms with Gasteiger partial charge < -0.3 is 5.32 Å². The molecular weight excluding hydrogens is 270 g/mol. The fourth-order valence-corrected chi connectivity index (χ4v) is 2.46. The van der Waals surface area contributed by atoms with Gasteiger partial charge in [-0.2, -0.15) is 5.10 Å². The lowest BCUT2D eigenvalue weighted by molar-refractivity contribution is 0.593. The van der Waals surface area contributed by atoms with E-state index in [2.05, 4.69) is 24.3 Å². The quantitative estimate of drug-likeness (QED) is 0.786. The first kappa shape index (κ1) is 14.9. The number of benzene rings is 1. The summed E-state index contributed by atoms with van der Waals surface area (Å²) in [6, 6.07) is 8.28. The van der Waals surface area contributed by atoms with Crippen LogP contribution in [0.4, 0.5) is 5.69 Å². The number of anilines is 1. The van der Waals surface area contributed by atoms with Gasteiger partial charge in [0.25, 0.3) is 0 Å². The number of nitrogens with one attached hydrogen (secondary N) is 1. The Labute approximate surface area is 126 Å². The summed E-state index contributed by atoms with van der Waals surface area (Å²) in [7, 11) is 0. The minimum absolute atomic E-state index is 0.475. The molecular formula is C16H22ClN3. The maximum Gasteiger partial charge on any atom is 0.0877 e. The van der Waals surface area contributed by atoms with E-state index < -0.39 is 0 Å². The lowest BCUT2D eigenvalue weighted by Crippen LogP contribution is -2.19. The van der Waals surface area contributed by atoms with Crippen molar-refractivity contribution >= 4 is 17.3 Å². The van der Waals surface area contributed by atoms with Crippen molar-refractivity contribution in [2.75, 3.05) is 5.32 Å². The topological polar surface area (TPSA) is 29.9 Å². The molecule has 1 atom stereocenters. The average molecular weight is 292 g/mol. The number of rotatable bonds is 7. The molecule has 1 aromatic heterocycles. The van der Waals surface area contributed by atoms with Crippen LogP contribution in [0.25, 0.3) is 5.69 Å². The second kappa shape index (κ2) is 7.34. The van der Waals surface area contributed by atoms with Crippen LogP contribution in [0.15, 0.2) is 36.7 Å². The van der Waals surface area contributed by atoms with Crippen LogP contribution < -0.4 is 5.32 Å². The SMILES string of the molecule is CCCCC(CC)Nc1cc(Cl)ccc1-n1cccn1. The van der Waals surface area contributed by atoms with Gasteiger partial charge in [0, 0.05) is 23.5 Å². The molecule has 1 N–H and O–H groups in total. The highest BCUT2D eigenvalue weighted by Crippen LogP contribution is 2.26. The number of unbranched alkanes of at least 4 members (excludes halogenated alkanes) is 1. The van der Waals surface area contributed by atoms with Gasteiger partial charge in [0.1, 0.15) is 0 Å². The van der Waals surface area contributed by atoms with Crippen molar-refractivity contribution in [3.05, 3.63) is 41.7 Å². The standard InChI is InChI=1S/C16H22ClN3/c1-3-5-7-14(4-2)19-15-12-13(17)8-9-16(15)20-11-6-10-18-20/h6,8-12,14,19H,3-5,7H2,1-2H3. The fourth-order valence-electron chi connectivity index (χ4n) is 2.28. The molecule has 1 aromatic carbocycles. The zero-order chi connectivity index (χ0) is 14.4. The first-order valence-electron chi connectivity index (χ1n) is 7.30. The Morgan fingerprint density at radius 2 is 2.20 bits per heavy atom. The molecule has 0 aliphatic rings. The third-order valence-corrected chi connectivity index (χ3v) is 3.70. The van der Waals surface area contributed by atoms with E-state index in [4.69, 9.17) is 11.6 Å². The molecule has 4 heteroatoms. The predicted octanol–water partition coefficient (Wildman–Crippen LogP) is 4.91. The molecule has 1 heterocycles. The van der Waals surface area contributed by atoms with E-state index in [1.165, 1.54) is 19.3 Å². The zero-order valence-corrected chi connectivity index (χ0v) is 12.9. The summed E-state index contributed by atoms with van der Waals surface area (Å²) in [6.45, 7) is 4.44. The van der Waals surface area contributed by atoms with Gasteiger partial charge in [-0.05, 0) is 37.1 Å². The van der Waals surface area contributed by atoms with E-state index >= 15 is 0 Å². The maximum atomic E-state index is 6.14. The molecule has 0 radical (unpaired) electrons. The Kier molecular flexibility index (Phi) is 5.48. The van der Waals surface area contributed by atoms with Crippen LogP contribution in [-0.2, 0) is 0 Å². The van der Waals surface area contributed by atoms with Gasteiger partial charge in [-0.15, -0.1) is 0 Å². The van der Waals surface area contributed by atoms with Crippen LogP contribution >= 0.6 is 11.6 Å². The highest BCUT2D eigenvalue weighted by atomic mass is 35.5. The number of halogens is 1. The summed E-state index contributed by atoms with van der Waals surface area (Å²) in [6.07, 6.45) is 8.47. The Morgan fingerprint density at radius 1 is 1.35 bits per heavy atom. The second-order valence-electron chi connectivity index (χ2n) is 5.00. The first-order chi connectivity index (χ1) is 9.74. The third kappa shape index (κ3) is 3.76. The molecule has 0 amide bonds. The Bertz CT molecular complexity index is 523. The smallest absolute Gasteiger partial charge is 0.0877 e.